The second-order valence-electron chi connectivity index (χ2n) is 5.42. The van der Waals surface area contributed by atoms with E-state index in [2.05, 4.69) is 10.1 Å². The summed E-state index contributed by atoms with van der Waals surface area (Å²) >= 11 is 0. The van der Waals surface area contributed by atoms with Gasteiger partial charge in [0.05, 0.1) is 6.54 Å². The molecule has 0 saturated heterocycles. The highest BCUT2D eigenvalue weighted by Crippen LogP contribution is 2.23. The Morgan fingerprint density at radius 1 is 1.21 bits per heavy atom. The van der Waals surface area contributed by atoms with E-state index in [9.17, 15) is 0 Å². The van der Waals surface area contributed by atoms with Gasteiger partial charge in [-0.1, -0.05) is 0 Å². The lowest BCUT2D eigenvalue weighted by molar-refractivity contribution is 0.131. The smallest absolute Gasteiger partial charge is 0.164 e. The Bertz CT molecular complexity index is 552. The van der Waals surface area contributed by atoms with Crippen LogP contribution in [0.15, 0.2) is 24.3 Å². The van der Waals surface area contributed by atoms with Gasteiger partial charge in [0.1, 0.15) is 11.4 Å². The van der Waals surface area contributed by atoms with Crippen molar-refractivity contribution in [2.24, 2.45) is 12.8 Å². The molecule has 2 rings (SSSR count). The number of hydrogen-bond acceptors (Lipinski definition) is 4. The summed E-state index contributed by atoms with van der Waals surface area (Å²) in [6, 6.07) is 7.84. The van der Waals surface area contributed by atoms with Crippen molar-refractivity contribution in [2.75, 3.05) is 0 Å². The molecule has 0 bridgehead atoms. The number of aryl methyl sites for hydroxylation is 1. The summed E-state index contributed by atoms with van der Waals surface area (Å²) in [5, 5.41) is 4.24. The number of benzene rings is 1. The molecule has 0 spiro atoms. The number of aromatic nitrogens is 3. The van der Waals surface area contributed by atoms with Crippen LogP contribution in [0.25, 0.3) is 11.4 Å². The van der Waals surface area contributed by atoms with Gasteiger partial charge in [0.2, 0.25) is 0 Å². The van der Waals surface area contributed by atoms with Gasteiger partial charge >= 0.3 is 0 Å². The molecule has 0 saturated carbocycles. The van der Waals surface area contributed by atoms with Crippen LogP contribution in [0.1, 0.15) is 26.6 Å². The molecule has 102 valence electrons. The van der Waals surface area contributed by atoms with Crippen LogP contribution in [0.3, 0.4) is 0 Å². The Kier molecular flexibility index (Phi) is 3.57. The van der Waals surface area contributed by atoms with E-state index in [1.54, 1.807) is 4.68 Å². The van der Waals surface area contributed by atoms with Crippen molar-refractivity contribution in [3.8, 4) is 17.1 Å². The fourth-order valence-electron chi connectivity index (χ4n) is 1.80. The first kappa shape index (κ1) is 13.5. The molecule has 0 unspecified atom stereocenters. The molecule has 1 heterocycles. The van der Waals surface area contributed by atoms with Crippen molar-refractivity contribution in [3.05, 3.63) is 30.1 Å². The molecule has 0 atom stereocenters. The number of rotatable bonds is 3. The second kappa shape index (κ2) is 5.01. The van der Waals surface area contributed by atoms with E-state index >= 15 is 0 Å². The minimum absolute atomic E-state index is 0.195. The highest BCUT2D eigenvalue weighted by atomic mass is 16.5. The molecular formula is C14H20N4O. The van der Waals surface area contributed by atoms with Gasteiger partial charge in [-0.15, -0.1) is 0 Å². The van der Waals surface area contributed by atoms with Gasteiger partial charge in [-0.25, -0.2) is 9.67 Å². The molecule has 0 fully saturated rings. The average Bonchev–Trinajstić information content (AvgIpc) is 2.70. The molecule has 1 aromatic carbocycles. The Morgan fingerprint density at radius 2 is 1.84 bits per heavy atom. The normalized spacial score (nSPS) is 11.6. The number of hydrogen-bond donors (Lipinski definition) is 1. The van der Waals surface area contributed by atoms with E-state index < -0.39 is 0 Å². The zero-order valence-electron chi connectivity index (χ0n) is 11.8. The molecule has 19 heavy (non-hydrogen) atoms. The van der Waals surface area contributed by atoms with E-state index in [0.717, 1.165) is 17.1 Å². The Morgan fingerprint density at radius 3 is 2.32 bits per heavy atom. The zero-order valence-corrected chi connectivity index (χ0v) is 11.8. The van der Waals surface area contributed by atoms with Crippen molar-refractivity contribution in [1.82, 2.24) is 14.8 Å². The van der Waals surface area contributed by atoms with E-state index in [1.165, 1.54) is 0 Å². The van der Waals surface area contributed by atoms with Crippen molar-refractivity contribution in [2.45, 2.75) is 32.9 Å². The minimum atomic E-state index is -0.195. The molecule has 0 aliphatic carbocycles. The predicted octanol–water partition coefficient (Wildman–Crippen LogP) is 2.12. The van der Waals surface area contributed by atoms with Gasteiger partial charge in [0, 0.05) is 12.6 Å². The lowest BCUT2D eigenvalue weighted by Crippen LogP contribution is -2.22. The Hall–Kier alpha value is -1.88. The molecular weight excluding hydrogens is 240 g/mol. The van der Waals surface area contributed by atoms with Crippen LogP contribution in [-0.4, -0.2) is 20.4 Å². The average molecular weight is 260 g/mol. The SMILES string of the molecule is Cn1nc(CN)nc1-c1ccc(OC(C)(C)C)cc1. The Labute approximate surface area is 113 Å². The summed E-state index contributed by atoms with van der Waals surface area (Å²) in [6.45, 7) is 6.42. The lowest BCUT2D eigenvalue weighted by Gasteiger charge is -2.21. The zero-order chi connectivity index (χ0) is 14.0. The third kappa shape index (κ3) is 3.32. The van der Waals surface area contributed by atoms with Crippen molar-refractivity contribution in [3.63, 3.8) is 0 Å². The molecule has 0 aliphatic heterocycles. The first-order chi connectivity index (χ1) is 8.89. The van der Waals surface area contributed by atoms with E-state index in [1.807, 2.05) is 52.1 Å². The monoisotopic (exact) mass is 260 g/mol. The van der Waals surface area contributed by atoms with Gasteiger partial charge in [-0.2, -0.15) is 5.10 Å². The quantitative estimate of drug-likeness (QED) is 0.918. The van der Waals surface area contributed by atoms with Crippen LogP contribution in [-0.2, 0) is 13.6 Å². The molecule has 0 aliphatic rings. The lowest BCUT2D eigenvalue weighted by atomic mass is 10.1. The van der Waals surface area contributed by atoms with Crippen LogP contribution >= 0.6 is 0 Å². The summed E-state index contributed by atoms with van der Waals surface area (Å²) in [4.78, 5) is 4.39. The van der Waals surface area contributed by atoms with E-state index in [4.69, 9.17) is 10.5 Å². The summed E-state index contributed by atoms with van der Waals surface area (Å²) in [7, 11) is 1.86. The topological polar surface area (TPSA) is 66.0 Å². The third-order valence-corrected chi connectivity index (χ3v) is 2.53. The first-order valence-corrected chi connectivity index (χ1v) is 6.28. The minimum Gasteiger partial charge on any atom is -0.488 e. The van der Waals surface area contributed by atoms with Crippen LogP contribution < -0.4 is 10.5 Å². The summed E-state index contributed by atoms with van der Waals surface area (Å²) in [6.07, 6.45) is 0. The highest BCUT2D eigenvalue weighted by Gasteiger charge is 2.12. The molecule has 5 nitrogen and oxygen atoms in total. The molecule has 2 N–H and O–H groups in total. The molecule has 1 aromatic heterocycles. The van der Waals surface area contributed by atoms with Gasteiger partial charge in [0.15, 0.2) is 11.6 Å². The van der Waals surface area contributed by atoms with Gasteiger partial charge in [-0.3, -0.25) is 0 Å². The molecule has 5 heteroatoms. The molecule has 2 aromatic rings. The third-order valence-electron chi connectivity index (χ3n) is 2.53. The molecule has 0 radical (unpaired) electrons. The summed E-state index contributed by atoms with van der Waals surface area (Å²) < 4.78 is 7.52. The highest BCUT2D eigenvalue weighted by molar-refractivity contribution is 5.56. The van der Waals surface area contributed by atoms with Gasteiger partial charge < -0.3 is 10.5 Å². The maximum Gasteiger partial charge on any atom is 0.164 e. The maximum atomic E-state index is 5.79. The summed E-state index contributed by atoms with van der Waals surface area (Å²) in [5.74, 6) is 2.30. The van der Waals surface area contributed by atoms with Gasteiger partial charge in [-0.05, 0) is 45.0 Å². The van der Waals surface area contributed by atoms with Crippen LogP contribution in [0.4, 0.5) is 0 Å². The van der Waals surface area contributed by atoms with Crippen LogP contribution in [0.5, 0.6) is 5.75 Å². The van der Waals surface area contributed by atoms with Crippen molar-refractivity contribution in [1.29, 1.82) is 0 Å². The van der Waals surface area contributed by atoms with Crippen molar-refractivity contribution >= 4 is 0 Å². The van der Waals surface area contributed by atoms with Crippen LogP contribution in [0.2, 0.25) is 0 Å². The standard InChI is InChI=1S/C14H20N4O/c1-14(2,3)19-11-7-5-10(6-8-11)13-16-12(9-15)17-18(13)4/h5-8H,9,15H2,1-4H3. The van der Waals surface area contributed by atoms with Crippen molar-refractivity contribution < 1.29 is 4.74 Å². The molecule has 0 amide bonds. The van der Waals surface area contributed by atoms with Crippen LogP contribution in [0, 0.1) is 0 Å². The van der Waals surface area contributed by atoms with E-state index in [0.29, 0.717) is 12.4 Å². The van der Waals surface area contributed by atoms with E-state index in [-0.39, 0.29) is 5.60 Å². The largest absolute Gasteiger partial charge is 0.488 e. The fourth-order valence-corrected chi connectivity index (χ4v) is 1.80. The first-order valence-electron chi connectivity index (χ1n) is 6.28. The second-order valence-corrected chi connectivity index (χ2v) is 5.42. The predicted molar refractivity (Wildman–Crippen MR) is 74.7 cm³/mol. The maximum absolute atomic E-state index is 5.79. The Balaban J connectivity index is 2.24. The fraction of sp³-hybridized carbons (Fsp3) is 0.429. The number of nitrogens with two attached hydrogens (primary N) is 1. The van der Waals surface area contributed by atoms with Gasteiger partial charge in [0.25, 0.3) is 0 Å². The summed E-state index contributed by atoms with van der Waals surface area (Å²) in [5.41, 5.74) is 6.35. The number of nitrogens with zero attached hydrogens (tertiary/aromatic N) is 3. The number of ether oxygens (including phenoxy) is 1.